The summed E-state index contributed by atoms with van der Waals surface area (Å²) < 4.78 is 1.95. The lowest BCUT2D eigenvalue weighted by Gasteiger charge is -2.34. The van der Waals surface area contributed by atoms with Crippen molar-refractivity contribution in [2.75, 3.05) is 13.1 Å². The number of carbonyl (C=O) groups is 1. The highest BCUT2D eigenvalue weighted by atomic mass is 35.5. The van der Waals surface area contributed by atoms with Crippen molar-refractivity contribution in [1.82, 2.24) is 19.3 Å². The summed E-state index contributed by atoms with van der Waals surface area (Å²) in [6.45, 7) is 1.48. The Morgan fingerprint density at radius 1 is 1.25 bits per heavy atom. The molecule has 5 rings (SSSR count). The summed E-state index contributed by atoms with van der Waals surface area (Å²) in [6, 6.07) is 9.77. The predicted molar refractivity (Wildman–Crippen MR) is 108 cm³/mol. The molecule has 0 unspecified atom stereocenters. The van der Waals surface area contributed by atoms with Gasteiger partial charge in [-0.2, -0.15) is 0 Å². The molecule has 28 heavy (non-hydrogen) atoms. The Balaban J connectivity index is 1.43. The van der Waals surface area contributed by atoms with Crippen molar-refractivity contribution in [3.63, 3.8) is 0 Å². The molecule has 2 aliphatic rings. The second kappa shape index (κ2) is 6.57. The molecule has 144 valence electrons. The average Bonchev–Trinajstić information content (AvgIpc) is 3.34. The minimum absolute atomic E-state index is 0.102. The molecule has 7 heteroatoms. The molecular formula is C21H22ClN5O. The smallest absolute Gasteiger partial charge is 0.242 e. The number of piperidine rings is 1. The SMILES string of the molecule is NC1(C(=O)N2CCC[C@H](c3cccc(-c4cnc5ccc(Cl)cn45)n3)C2)CC1. The van der Waals surface area contributed by atoms with Gasteiger partial charge in [0.2, 0.25) is 5.91 Å². The number of aromatic nitrogens is 3. The van der Waals surface area contributed by atoms with Gasteiger partial charge in [-0.1, -0.05) is 17.7 Å². The lowest BCUT2D eigenvalue weighted by molar-refractivity contribution is -0.134. The zero-order chi connectivity index (χ0) is 19.3. The van der Waals surface area contributed by atoms with E-state index in [0.717, 1.165) is 55.0 Å². The van der Waals surface area contributed by atoms with Crippen molar-refractivity contribution in [2.45, 2.75) is 37.1 Å². The number of fused-ring (bicyclic) bond motifs is 1. The molecular weight excluding hydrogens is 374 g/mol. The van der Waals surface area contributed by atoms with Crippen molar-refractivity contribution in [3.05, 3.63) is 53.4 Å². The van der Waals surface area contributed by atoms with Crippen LogP contribution in [0.15, 0.2) is 42.7 Å². The Labute approximate surface area is 168 Å². The molecule has 1 amide bonds. The Bertz CT molecular complexity index is 1060. The van der Waals surface area contributed by atoms with E-state index < -0.39 is 5.54 Å². The Morgan fingerprint density at radius 2 is 2.11 bits per heavy atom. The van der Waals surface area contributed by atoms with Gasteiger partial charge in [-0.15, -0.1) is 0 Å². The molecule has 2 fully saturated rings. The normalized spacial score (nSPS) is 21.1. The summed E-state index contributed by atoms with van der Waals surface area (Å²) in [5.74, 6) is 0.326. The first kappa shape index (κ1) is 17.6. The van der Waals surface area contributed by atoms with E-state index in [4.69, 9.17) is 22.3 Å². The quantitative estimate of drug-likeness (QED) is 0.738. The van der Waals surface area contributed by atoms with E-state index >= 15 is 0 Å². The van der Waals surface area contributed by atoms with Gasteiger partial charge in [0.1, 0.15) is 5.65 Å². The fourth-order valence-electron chi connectivity index (χ4n) is 4.03. The number of pyridine rings is 2. The highest BCUT2D eigenvalue weighted by Crippen LogP contribution is 2.36. The van der Waals surface area contributed by atoms with Gasteiger partial charge in [-0.25, -0.2) is 4.98 Å². The molecule has 1 aliphatic carbocycles. The maximum absolute atomic E-state index is 12.6. The molecule has 6 nitrogen and oxygen atoms in total. The van der Waals surface area contributed by atoms with Crippen LogP contribution in [-0.2, 0) is 4.79 Å². The summed E-state index contributed by atoms with van der Waals surface area (Å²) >= 11 is 6.16. The largest absolute Gasteiger partial charge is 0.340 e. The molecule has 1 saturated heterocycles. The van der Waals surface area contributed by atoms with Crippen molar-refractivity contribution >= 4 is 23.2 Å². The monoisotopic (exact) mass is 395 g/mol. The van der Waals surface area contributed by atoms with Crippen LogP contribution in [0.25, 0.3) is 17.0 Å². The highest BCUT2D eigenvalue weighted by molar-refractivity contribution is 6.30. The Morgan fingerprint density at radius 3 is 2.93 bits per heavy atom. The number of halogens is 1. The minimum atomic E-state index is -0.604. The van der Waals surface area contributed by atoms with Crippen LogP contribution >= 0.6 is 11.6 Å². The van der Waals surface area contributed by atoms with Gasteiger partial charge in [0.05, 0.1) is 28.1 Å². The van der Waals surface area contributed by atoms with Gasteiger partial charge in [-0.3, -0.25) is 14.2 Å². The molecule has 3 aromatic heterocycles. The van der Waals surface area contributed by atoms with Crippen molar-refractivity contribution in [1.29, 1.82) is 0 Å². The zero-order valence-corrected chi connectivity index (χ0v) is 16.3. The van der Waals surface area contributed by atoms with Gasteiger partial charge < -0.3 is 10.6 Å². The second-order valence-electron chi connectivity index (χ2n) is 7.91. The van der Waals surface area contributed by atoms with Gasteiger partial charge in [-0.05, 0) is 49.9 Å². The third kappa shape index (κ3) is 3.06. The number of amides is 1. The van der Waals surface area contributed by atoms with Crippen molar-refractivity contribution in [2.24, 2.45) is 5.73 Å². The number of carbonyl (C=O) groups excluding carboxylic acids is 1. The third-order valence-corrected chi connectivity index (χ3v) is 6.07. The lowest BCUT2D eigenvalue weighted by Crippen LogP contribution is -2.49. The number of likely N-dealkylation sites (tertiary alicyclic amines) is 1. The maximum Gasteiger partial charge on any atom is 0.242 e. The molecule has 4 heterocycles. The van der Waals surface area contributed by atoms with E-state index in [9.17, 15) is 4.79 Å². The maximum atomic E-state index is 12.6. The first-order chi connectivity index (χ1) is 13.5. The Hall–Kier alpha value is -2.44. The number of nitrogens with two attached hydrogens (primary N) is 1. The average molecular weight is 396 g/mol. The van der Waals surface area contributed by atoms with Crippen molar-refractivity contribution in [3.8, 4) is 11.4 Å². The minimum Gasteiger partial charge on any atom is -0.340 e. The van der Waals surface area contributed by atoms with Gasteiger partial charge in [0.15, 0.2) is 0 Å². The second-order valence-corrected chi connectivity index (χ2v) is 8.35. The van der Waals surface area contributed by atoms with Crippen LogP contribution in [0.4, 0.5) is 0 Å². The van der Waals surface area contributed by atoms with Gasteiger partial charge >= 0.3 is 0 Å². The van der Waals surface area contributed by atoms with E-state index in [1.807, 2.05) is 52.0 Å². The number of imidazole rings is 1. The summed E-state index contributed by atoms with van der Waals surface area (Å²) in [5, 5.41) is 0.653. The van der Waals surface area contributed by atoms with Crippen LogP contribution in [0.3, 0.4) is 0 Å². The lowest BCUT2D eigenvalue weighted by atomic mass is 9.93. The molecule has 0 spiro atoms. The van der Waals surface area contributed by atoms with Gasteiger partial charge in [0.25, 0.3) is 0 Å². The van der Waals surface area contributed by atoms with E-state index in [1.165, 1.54) is 0 Å². The third-order valence-electron chi connectivity index (χ3n) is 5.84. The molecule has 3 aromatic rings. The predicted octanol–water partition coefficient (Wildman–Crippen LogP) is 3.25. The molecule has 0 radical (unpaired) electrons. The molecule has 1 aliphatic heterocycles. The highest BCUT2D eigenvalue weighted by Gasteiger charge is 2.48. The topological polar surface area (TPSA) is 76.5 Å². The summed E-state index contributed by atoms with van der Waals surface area (Å²) in [7, 11) is 0. The van der Waals surface area contributed by atoms with Crippen LogP contribution in [0, 0.1) is 0 Å². The van der Waals surface area contributed by atoms with E-state index in [-0.39, 0.29) is 11.8 Å². The first-order valence-corrected chi connectivity index (χ1v) is 10.1. The van der Waals surface area contributed by atoms with E-state index in [2.05, 4.69) is 4.98 Å². The zero-order valence-electron chi connectivity index (χ0n) is 15.5. The summed E-state index contributed by atoms with van der Waals surface area (Å²) in [6.07, 6.45) is 7.28. The van der Waals surface area contributed by atoms with Gasteiger partial charge in [0, 0.05) is 30.9 Å². The molecule has 1 atom stereocenters. The van der Waals surface area contributed by atoms with Crippen LogP contribution in [0.1, 0.15) is 37.3 Å². The number of nitrogens with zero attached hydrogens (tertiary/aromatic N) is 4. The fraction of sp³-hybridized carbons (Fsp3) is 0.381. The molecule has 0 bridgehead atoms. The summed E-state index contributed by atoms with van der Waals surface area (Å²) in [5.41, 5.74) is 9.13. The fourth-order valence-corrected chi connectivity index (χ4v) is 4.19. The van der Waals surface area contributed by atoms with Crippen LogP contribution < -0.4 is 5.73 Å². The van der Waals surface area contributed by atoms with E-state index in [1.54, 1.807) is 0 Å². The van der Waals surface area contributed by atoms with Crippen LogP contribution in [0.2, 0.25) is 5.02 Å². The van der Waals surface area contributed by atoms with Crippen LogP contribution in [-0.4, -0.2) is 43.8 Å². The summed E-state index contributed by atoms with van der Waals surface area (Å²) in [4.78, 5) is 23.9. The number of rotatable bonds is 3. The first-order valence-electron chi connectivity index (χ1n) is 9.72. The van der Waals surface area contributed by atoms with Crippen molar-refractivity contribution < 1.29 is 4.79 Å². The number of hydrogen-bond acceptors (Lipinski definition) is 4. The Kier molecular flexibility index (Phi) is 4.14. The molecule has 0 aromatic carbocycles. The molecule has 2 N–H and O–H groups in total. The standard InChI is InChI=1S/C21H22ClN5O/c22-15-6-7-19-24-11-18(27(19)13-15)17-5-1-4-16(25-17)14-3-2-10-26(12-14)20(28)21(23)8-9-21/h1,4-7,11,13-14H,2-3,8-10,12,23H2/t14-/m0/s1. The van der Waals surface area contributed by atoms with Crippen LogP contribution in [0.5, 0.6) is 0 Å². The van der Waals surface area contributed by atoms with E-state index in [0.29, 0.717) is 11.6 Å². The number of hydrogen-bond donors (Lipinski definition) is 1. The molecule has 1 saturated carbocycles.